The zero-order chi connectivity index (χ0) is 30.2. The van der Waals surface area contributed by atoms with Gasteiger partial charge >= 0.3 is 23.9 Å². The summed E-state index contributed by atoms with van der Waals surface area (Å²) in [5.74, 6) is -4.19. The highest BCUT2D eigenvalue weighted by Crippen LogP contribution is 2.22. The normalized spacial score (nSPS) is 12.7. The number of carbonyl (C=O) groups is 5. The lowest BCUT2D eigenvalue weighted by Crippen LogP contribution is -2.51. The largest absolute Gasteiger partial charge is 0.481 e. The molecular weight excluding hydrogens is 514 g/mol. The minimum Gasteiger partial charge on any atom is -0.481 e. The lowest BCUT2D eigenvalue weighted by Gasteiger charge is -2.27. The number of primary amides is 1. The van der Waals surface area contributed by atoms with E-state index in [1.54, 1.807) is 30.3 Å². The number of amides is 3. The van der Waals surface area contributed by atoms with Crippen LogP contribution in [0.15, 0.2) is 30.3 Å². The summed E-state index contributed by atoms with van der Waals surface area (Å²) in [6.45, 7) is 8.75. The highest BCUT2D eigenvalue weighted by molar-refractivity contribution is 5.86. The van der Waals surface area contributed by atoms with Gasteiger partial charge in [-0.2, -0.15) is 0 Å². The molecule has 0 aliphatic heterocycles. The minimum absolute atomic E-state index is 0.0243. The van der Waals surface area contributed by atoms with Crippen LogP contribution in [0.5, 0.6) is 0 Å². The fraction of sp³-hybridized carbons (Fsp3) is 0.577. The zero-order valence-electron chi connectivity index (χ0n) is 22.8. The van der Waals surface area contributed by atoms with E-state index in [2.05, 4.69) is 10.6 Å². The fourth-order valence-corrected chi connectivity index (χ4v) is 3.11. The number of aliphatic hydroxyl groups excluding tert-OH is 1. The van der Waals surface area contributed by atoms with Gasteiger partial charge in [-0.05, 0) is 17.4 Å². The summed E-state index contributed by atoms with van der Waals surface area (Å²) in [6.07, 6.45) is -0.416. The third-order valence-corrected chi connectivity index (χ3v) is 5.20. The van der Waals surface area contributed by atoms with Gasteiger partial charge in [0.25, 0.3) is 0 Å². The number of urea groups is 1. The van der Waals surface area contributed by atoms with Gasteiger partial charge in [0.2, 0.25) is 5.91 Å². The van der Waals surface area contributed by atoms with Crippen molar-refractivity contribution in [2.75, 3.05) is 19.8 Å². The van der Waals surface area contributed by atoms with Crippen LogP contribution in [0, 0.1) is 10.8 Å². The molecule has 1 rings (SSSR count). The molecule has 0 fully saturated rings. The molecule has 2 unspecified atom stereocenters. The molecule has 0 radical (unpaired) electrons. The standard InChI is InChI=1S/C15H18N2O7.C11H23NO3/c18-12(19)7-6-10(13(20)21)16-15(24)17-11(14(22)23)8-9-4-2-1-3-5-9;1-10(2,5-9(12)14)7-15-8-11(3,4)6-13/h1-5,10-11H,6-8H2,(H,18,19)(H,20,21)(H,22,23)(H2,16,17,24);13H,5-8H2,1-4H3,(H2,12,14). The van der Waals surface area contributed by atoms with Crippen LogP contribution >= 0.6 is 0 Å². The van der Waals surface area contributed by atoms with E-state index in [0.717, 1.165) is 0 Å². The van der Waals surface area contributed by atoms with Gasteiger partial charge < -0.3 is 41.5 Å². The average molecular weight is 556 g/mol. The summed E-state index contributed by atoms with van der Waals surface area (Å²) in [5, 5.41) is 39.9. The lowest BCUT2D eigenvalue weighted by molar-refractivity contribution is -0.140. The van der Waals surface area contributed by atoms with Crippen molar-refractivity contribution in [3.8, 4) is 0 Å². The van der Waals surface area contributed by atoms with E-state index in [-0.39, 0.29) is 36.2 Å². The number of benzene rings is 1. The molecule has 0 aromatic heterocycles. The molecule has 8 N–H and O–H groups in total. The molecule has 0 aliphatic carbocycles. The summed E-state index contributed by atoms with van der Waals surface area (Å²) >= 11 is 0. The number of nitrogens with two attached hydrogens (primary N) is 1. The van der Waals surface area contributed by atoms with Crippen LogP contribution in [0.4, 0.5) is 4.79 Å². The van der Waals surface area contributed by atoms with Crippen molar-refractivity contribution in [1.29, 1.82) is 0 Å². The van der Waals surface area contributed by atoms with Gasteiger partial charge in [-0.3, -0.25) is 9.59 Å². The van der Waals surface area contributed by atoms with Gasteiger partial charge in [-0.25, -0.2) is 14.4 Å². The van der Waals surface area contributed by atoms with E-state index < -0.39 is 42.4 Å². The van der Waals surface area contributed by atoms with E-state index in [0.29, 0.717) is 25.2 Å². The summed E-state index contributed by atoms with van der Waals surface area (Å²) in [6, 6.07) is 4.94. The van der Waals surface area contributed by atoms with E-state index >= 15 is 0 Å². The van der Waals surface area contributed by atoms with E-state index in [9.17, 15) is 24.0 Å². The van der Waals surface area contributed by atoms with Gasteiger partial charge in [0.1, 0.15) is 12.1 Å². The Morgan fingerprint density at radius 1 is 0.872 bits per heavy atom. The maximum atomic E-state index is 11.8. The third kappa shape index (κ3) is 17.4. The van der Waals surface area contributed by atoms with Crippen LogP contribution in [0.2, 0.25) is 0 Å². The first-order valence-electron chi connectivity index (χ1n) is 12.2. The van der Waals surface area contributed by atoms with Crippen molar-refractivity contribution in [3.63, 3.8) is 0 Å². The predicted octanol–water partition coefficient (Wildman–Crippen LogP) is 1.22. The van der Waals surface area contributed by atoms with Gasteiger partial charge in [0, 0.05) is 24.7 Å². The summed E-state index contributed by atoms with van der Waals surface area (Å²) < 4.78 is 5.49. The molecule has 0 spiro atoms. The van der Waals surface area contributed by atoms with Gasteiger partial charge in [-0.15, -0.1) is 0 Å². The molecule has 1 aromatic rings. The molecule has 0 bridgehead atoms. The summed E-state index contributed by atoms with van der Waals surface area (Å²) in [4.78, 5) is 55.3. The number of carbonyl (C=O) groups excluding carboxylic acids is 2. The van der Waals surface area contributed by atoms with Gasteiger partial charge in [0.05, 0.1) is 19.8 Å². The minimum atomic E-state index is -1.42. The third-order valence-electron chi connectivity index (χ3n) is 5.20. The Morgan fingerprint density at radius 3 is 1.85 bits per heavy atom. The molecule has 2 atom stereocenters. The maximum Gasteiger partial charge on any atom is 0.326 e. The Morgan fingerprint density at radius 2 is 1.38 bits per heavy atom. The first kappa shape index (κ1) is 35.3. The summed E-state index contributed by atoms with van der Waals surface area (Å²) in [5.41, 5.74) is 5.34. The number of ether oxygens (including phenoxy) is 1. The van der Waals surface area contributed by atoms with Crippen LogP contribution in [0.25, 0.3) is 0 Å². The van der Waals surface area contributed by atoms with Crippen LogP contribution in [-0.4, -0.2) is 82.2 Å². The second-order valence-corrected chi connectivity index (χ2v) is 10.6. The maximum absolute atomic E-state index is 11.8. The highest BCUT2D eigenvalue weighted by atomic mass is 16.5. The number of carboxylic acid groups (broad SMARTS) is 3. The Balaban J connectivity index is 0.000000830. The molecule has 3 amide bonds. The zero-order valence-corrected chi connectivity index (χ0v) is 22.8. The van der Waals surface area contributed by atoms with Crippen LogP contribution in [-0.2, 0) is 30.3 Å². The fourth-order valence-electron chi connectivity index (χ4n) is 3.11. The van der Waals surface area contributed by atoms with Crippen molar-refractivity contribution >= 4 is 29.8 Å². The Labute approximate surface area is 227 Å². The molecule has 0 saturated heterocycles. The molecule has 13 nitrogen and oxygen atoms in total. The van der Waals surface area contributed by atoms with Crippen LogP contribution < -0.4 is 16.4 Å². The van der Waals surface area contributed by atoms with Crippen molar-refractivity contribution < 1.29 is 49.1 Å². The molecule has 0 saturated carbocycles. The Kier molecular flexibility index (Phi) is 15.4. The summed E-state index contributed by atoms with van der Waals surface area (Å²) in [7, 11) is 0. The number of rotatable bonds is 16. The Hall–Kier alpha value is -3.71. The van der Waals surface area contributed by atoms with Crippen molar-refractivity contribution in [2.45, 2.75) is 65.5 Å². The first-order valence-corrected chi connectivity index (χ1v) is 12.2. The second kappa shape index (κ2) is 17.0. The molecule has 1 aromatic carbocycles. The SMILES string of the molecule is CC(C)(CO)COCC(C)(C)CC(N)=O.O=C(O)CCC(NC(=O)NC(Cc1ccccc1)C(=O)O)C(=O)O. The van der Waals surface area contributed by atoms with Crippen molar-refractivity contribution in [1.82, 2.24) is 10.6 Å². The number of hydrogen-bond donors (Lipinski definition) is 7. The number of hydrogen-bond acceptors (Lipinski definition) is 7. The number of carboxylic acids is 3. The molecule has 220 valence electrons. The smallest absolute Gasteiger partial charge is 0.326 e. The van der Waals surface area contributed by atoms with Crippen LogP contribution in [0.3, 0.4) is 0 Å². The number of aliphatic carboxylic acids is 3. The molecule has 0 aliphatic rings. The molecule has 0 heterocycles. The number of nitrogens with one attached hydrogen (secondary N) is 2. The topological polar surface area (TPSA) is 226 Å². The predicted molar refractivity (Wildman–Crippen MR) is 141 cm³/mol. The van der Waals surface area contributed by atoms with E-state index in [4.69, 9.17) is 30.9 Å². The molecule has 13 heteroatoms. The Bertz CT molecular complexity index is 951. The molecule has 39 heavy (non-hydrogen) atoms. The van der Waals surface area contributed by atoms with Gasteiger partial charge in [-0.1, -0.05) is 58.0 Å². The van der Waals surface area contributed by atoms with Crippen molar-refractivity contribution in [3.05, 3.63) is 35.9 Å². The van der Waals surface area contributed by atoms with Crippen molar-refractivity contribution in [2.24, 2.45) is 16.6 Å². The second-order valence-electron chi connectivity index (χ2n) is 10.6. The first-order chi connectivity index (χ1) is 18.0. The van der Waals surface area contributed by atoms with Gasteiger partial charge in [0.15, 0.2) is 0 Å². The molecular formula is C26H41N3O10. The number of aliphatic hydroxyl groups is 1. The van der Waals surface area contributed by atoms with E-state index in [1.165, 1.54) is 0 Å². The lowest BCUT2D eigenvalue weighted by atomic mass is 9.90. The van der Waals surface area contributed by atoms with Crippen LogP contribution in [0.1, 0.15) is 52.5 Å². The average Bonchev–Trinajstić information content (AvgIpc) is 2.81. The highest BCUT2D eigenvalue weighted by Gasteiger charge is 2.25. The quantitative estimate of drug-likeness (QED) is 0.154. The van der Waals surface area contributed by atoms with E-state index in [1.807, 2.05) is 27.7 Å². The monoisotopic (exact) mass is 555 g/mol.